The molecule has 3 fully saturated rings. The number of amides is 2. The maximum atomic E-state index is 13.2. The Bertz CT molecular complexity index is 1260. The summed E-state index contributed by atoms with van der Waals surface area (Å²) in [6.07, 6.45) is 0.255. The summed E-state index contributed by atoms with van der Waals surface area (Å²) in [5.74, 6) is 0.636. The molecule has 2 aromatic heterocycles. The number of anilines is 1. The molecule has 14 heteroatoms. The molecule has 2 amide bonds. The average molecular weight is 576 g/mol. The van der Waals surface area contributed by atoms with Crippen LogP contribution in [0.4, 0.5) is 10.6 Å². The van der Waals surface area contributed by atoms with E-state index in [1.54, 1.807) is 27.7 Å². The van der Waals surface area contributed by atoms with Gasteiger partial charge in [-0.25, -0.2) is 19.7 Å². The normalized spacial score (nSPS) is 30.8. The third-order valence-electron chi connectivity index (χ3n) is 7.76. The Kier molecular flexibility index (Phi) is 8.37. The molecule has 3 aliphatic heterocycles. The van der Waals surface area contributed by atoms with Crippen molar-refractivity contribution in [3.8, 4) is 0 Å². The highest BCUT2D eigenvalue weighted by Gasteiger charge is 2.46. The summed E-state index contributed by atoms with van der Waals surface area (Å²) >= 11 is 0. The lowest BCUT2D eigenvalue weighted by Crippen LogP contribution is -2.65. The van der Waals surface area contributed by atoms with Crippen LogP contribution in [-0.4, -0.2) is 102 Å². The summed E-state index contributed by atoms with van der Waals surface area (Å²) in [7, 11) is 0. The highest BCUT2D eigenvalue weighted by Crippen LogP contribution is 2.31. The first kappa shape index (κ1) is 29.4. The Morgan fingerprint density at radius 3 is 2.61 bits per heavy atom. The topological polar surface area (TPSA) is 173 Å². The number of ether oxygens (including phenoxy) is 3. The highest BCUT2D eigenvalue weighted by molar-refractivity contribution is 5.86. The highest BCUT2D eigenvalue weighted by atomic mass is 16.6. The number of hydrogen-bond acceptors (Lipinski definition) is 11. The average Bonchev–Trinajstić information content (AvgIpc) is 3.54. The van der Waals surface area contributed by atoms with E-state index in [0.29, 0.717) is 43.0 Å². The van der Waals surface area contributed by atoms with E-state index in [4.69, 9.17) is 14.2 Å². The number of aliphatic hydroxyl groups excluding tert-OH is 2. The number of carbonyl (C=O) groups excluding carboxylic acids is 2. The predicted octanol–water partition coefficient (Wildman–Crippen LogP) is 1.60. The van der Waals surface area contributed by atoms with Gasteiger partial charge in [-0.15, -0.1) is 0 Å². The van der Waals surface area contributed by atoms with E-state index in [1.165, 1.54) is 11.2 Å². The van der Waals surface area contributed by atoms with Crippen LogP contribution in [0.5, 0.6) is 0 Å². The van der Waals surface area contributed by atoms with Gasteiger partial charge >= 0.3 is 6.09 Å². The van der Waals surface area contributed by atoms with E-state index in [9.17, 15) is 19.8 Å². The van der Waals surface area contributed by atoms with Crippen LogP contribution in [0, 0.1) is 6.92 Å². The number of carbonyl (C=O) groups is 2. The standard InChI is InChI=1S/C27H41N7O7/c1-14-18(31-24(37)16-9-8-11-33(16)26(38)41-27(3,4)5)20(35)21(36)25(40-14)32-22-19-23(29-13-28-22)34(15(2)30-19)17-10-6-7-12-39-17/h13-14,16-18,20-21,25,35-36H,6-12H2,1-5H3,(H,31,37)(H,28,29,32)/t14-,16+,17?,18-,20+,21-,25-/m0/s1. The van der Waals surface area contributed by atoms with Crippen molar-refractivity contribution < 1.29 is 34.0 Å². The second kappa shape index (κ2) is 11.7. The summed E-state index contributed by atoms with van der Waals surface area (Å²) in [5.41, 5.74) is 0.405. The van der Waals surface area contributed by atoms with E-state index in [2.05, 4.69) is 25.6 Å². The number of fused-ring (bicyclic) bond motifs is 1. The van der Waals surface area contributed by atoms with Gasteiger partial charge in [-0.1, -0.05) is 0 Å². The van der Waals surface area contributed by atoms with Crippen molar-refractivity contribution in [3.63, 3.8) is 0 Å². The van der Waals surface area contributed by atoms with E-state index >= 15 is 0 Å². The van der Waals surface area contributed by atoms with E-state index in [1.807, 2.05) is 11.5 Å². The molecule has 0 saturated carbocycles. The number of aliphatic hydroxyl groups is 2. The molecular weight excluding hydrogens is 534 g/mol. The fourth-order valence-corrected chi connectivity index (χ4v) is 5.76. The first-order valence-corrected chi connectivity index (χ1v) is 14.3. The zero-order valence-corrected chi connectivity index (χ0v) is 24.2. The molecule has 3 saturated heterocycles. The summed E-state index contributed by atoms with van der Waals surface area (Å²) in [6, 6.07) is -1.65. The van der Waals surface area contributed by atoms with Crippen LogP contribution < -0.4 is 10.6 Å². The summed E-state index contributed by atoms with van der Waals surface area (Å²) < 4.78 is 19.4. The number of rotatable bonds is 5. The first-order valence-electron chi connectivity index (χ1n) is 14.3. The van der Waals surface area contributed by atoms with Crippen molar-refractivity contribution in [1.29, 1.82) is 0 Å². The Balaban J connectivity index is 1.27. The van der Waals surface area contributed by atoms with Gasteiger partial charge in [0, 0.05) is 13.2 Å². The van der Waals surface area contributed by atoms with Crippen LogP contribution >= 0.6 is 0 Å². The Morgan fingerprint density at radius 2 is 1.90 bits per heavy atom. The van der Waals surface area contributed by atoms with E-state index < -0.39 is 54.2 Å². The van der Waals surface area contributed by atoms with Crippen molar-refractivity contribution in [2.24, 2.45) is 0 Å². The Hall–Kier alpha value is -3.07. The van der Waals surface area contributed by atoms with Gasteiger partial charge < -0.3 is 35.1 Å². The van der Waals surface area contributed by atoms with Crippen molar-refractivity contribution in [1.82, 2.24) is 29.7 Å². The summed E-state index contributed by atoms with van der Waals surface area (Å²) in [5, 5.41) is 27.9. The molecule has 1 unspecified atom stereocenters. The minimum atomic E-state index is -1.41. The number of hydrogen-bond donors (Lipinski definition) is 4. The fourth-order valence-electron chi connectivity index (χ4n) is 5.76. The molecule has 7 atom stereocenters. The van der Waals surface area contributed by atoms with Crippen molar-refractivity contribution in [3.05, 3.63) is 12.2 Å². The number of nitrogens with zero attached hydrogens (tertiary/aromatic N) is 5. The molecule has 0 radical (unpaired) electrons. The lowest BCUT2D eigenvalue weighted by molar-refractivity contribution is -0.173. The molecule has 0 aromatic carbocycles. The largest absolute Gasteiger partial charge is 0.444 e. The monoisotopic (exact) mass is 575 g/mol. The molecule has 2 aromatic rings. The zero-order chi connectivity index (χ0) is 29.5. The fraction of sp³-hybridized carbons (Fsp3) is 0.741. The second-order valence-electron chi connectivity index (χ2n) is 12.0. The smallest absolute Gasteiger partial charge is 0.410 e. The number of imidazole rings is 1. The lowest BCUT2D eigenvalue weighted by Gasteiger charge is -2.42. The molecule has 5 heterocycles. The van der Waals surface area contributed by atoms with Gasteiger partial charge in [0.1, 0.15) is 42.2 Å². The van der Waals surface area contributed by atoms with Gasteiger partial charge in [-0.2, -0.15) is 0 Å². The van der Waals surface area contributed by atoms with Crippen molar-refractivity contribution in [2.45, 2.75) is 115 Å². The Morgan fingerprint density at radius 1 is 1.12 bits per heavy atom. The summed E-state index contributed by atoms with van der Waals surface area (Å²) in [4.78, 5) is 40.7. The van der Waals surface area contributed by atoms with Crippen molar-refractivity contribution in [2.75, 3.05) is 18.5 Å². The van der Waals surface area contributed by atoms with Crippen LogP contribution in [0.3, 0.4) is 0 Å². The van der Waals surface area contributed by atoms with Gasteiger partial charge in [-0.3, -0.25) is 14.3 Å². The molecule has 226 valence electrons. The molecule has 0 bridgehead atoms. The molecule has 3 aliphatic rings. The maximum absolute atomic E-state index is 13.2. The third-order valence-corrected chi connectivity index (χ3v) is 7.76. The third kappa shape index (κ3) is 6.10. The number of aryl methyl sites for hydroxylation is 1. The van der Waals surface area contributed by atoms with Gasteiger partial charge in [0.15, 0.2) is 23.2 Å². The summed E-state index contributed by atoms with van der Waals surface area (Å²) in [6.45, 7) is 9.95. The van der Waals surface area contributed by atoms with Gasteiger partial charge in [0.05, 0.1) is 12.1 Å². The van der Waals surface area contributed by atoms with Crippen LogP contribution in [-0.2, 0) is 19.0 Å². The van der Waals surface area contributed by atoms with Crippen molar-refractivity contribution >= 4 is 29.0 Å². The number of nitrogens with one attached hydrogen (secondary N) is 2. The minimum Gasteiger partial charge on any atom is -0.444 e. The maximum Gasteiger partial charge on any atom is 0.410 e. The van der Waals surface area contributed by atoms with Crippen LogP contribution in [0.1, 0.15) is 71.9 Å². The molecule has 5 rings (SSSR count). The van der Waals surface area contributed by atoms with E-state index in [0.717, 1.165) is 25.1 Å². The first-order chi connectivity index (χ1) is 19.4. The van der Waals surface area contributed by atoms with Crippen LogP contribution in [0.15, 0.2) is 6.33 Å². The van der Waals surface area contributed by atoms with Crippen LogP contribution in [0.25, 0.3) is 11.2 Å². The second-order valence-corrected chi connectivity index (χ2v) is 12.0. The molecule has 14 nitrogen and oxygen atoms in total. The minimum absolute atomic E-state index is 0.162. The van der Waals surface area contributed by atoms with Crippen LogP contribution in [0.2, 0.25) is 0 Å². The van der Waals surface area contributed by atoms with Gasteiger partial charge in [0.2, 0.25) is 5.91 Å². The Labute approximate surface area is 238 Å². The molecule has 0 aliphatic carbocycles. The quantitative estimate of drug-likeness (QED) is 0.408. The lowest BCUT2D eigenvalue weighted by atomic mass is 9.95. The molecule has 4 N–H and O–H groups in total. The SMILES string of the molecule is Cc1nc2c(N[C@H]3O[C@@H](C)[C@H](NC(=O)[C@H]4CCCN4C(=O)OC(C)(C)C)[C@@H](O)[C@@H]3O)ncnc2n1C1CCCCO1. The number of aromatic nitrogens is 4. The molecule has 0 spiro atoms. The number of likely N-dealkylation sites (tertiary alicyclic amines) is 1. The molecule has 41 heavy (non-hydrogen) atoms. The zero-order valence-electron chi connectivity index (χ0n) is 24.2. The van der Waals surface area contributed by atoms with E-state index in [-0.39, 0.29) is 6.23 Å². The molecular formula is C27H41N7O7. The van der Waals surface area contributed by atoms with Gasteiger partial charge in [0.25, 0.3) is 0 Å². The predicted molar refractivity (Wildman–Crippen MR) is 147 cm³/mol. The van der Waals surface area contributed by atoms with Gasteiger partial charge in [-0.05, 0) is 66.7 Å².